The molecule has 2 heteroatoms. The highest BCUT2D eigenvalue weighted by Crippen LogP contribution is 2.40. The maximum atomic E-state index is 6.86. The normalized spacial score (nSPS) is 16.5. The van der Waals surface area contributed by atoms with Gasteiger partial charge in [0, 0.05) is 0 Å². The van der Waals surface area contributed by atoms with Crippen LogP contribution in [-0.4, -0.2) is 7.38 Å². The van der Waals surface area contributed by atoms with Gasteiger partial charge in [-0.15, -0.1) is 0 Å². The molecule has 1 aliphatic rings. The van der Waals surface area contributed by atoms with Crippen LogP contribution >= 0.6 is 11.1 Å². The molecule has 0 N–H and O–H groups in total. The molecule has 0 heterocycles. The summed E-state index contributed by atoms with van der Waals surface area (Å²) in [5.74, 6) is 0. The van der Waals surface area contributed by atoms with E-state index in [1.807, 2.05) is 6.07 Å². The van der Waals surface area contributed by atoms with Crippen LogP contribution in [0, 0.1) is 0 Å². The van der Waals surface area contributed by atoms with Crippen LogP contribution in [0.1, 0.15) is 11.1 Å². The van der Waals surface area contributed by atoms with Crippen molar-refractivity contribution in [2.24, 2.45) is 0 Å². The van der Waals surface area contributed by atoms with Crippen molar-refractivity contribution in [3.8, 4) is 0 Å². The zero-order valence-corrected chi connectivity index (χ0v) is 11.4. The molecule has 0 nitrogen and oxygen atoms in total. The Morgan fingerprint density at radius 2 is 1.53 bits per heavy atom. The van der Waals surface area contributed by atoms with Crippen molar-refractivity contribution >= 4 is 34.9 Å². The minimum Gasteiger partial charge on any atom is -0.155 e. The summed E-state index contributed by atoms with van der Waals surface area (Å²) in [5, 5.41) is 2.63. The van der Waals surface area contributed by atoms with E-state index < -0.39 is 7.38 Å². The standard InChI is InChI=1S/C15H13ClSi/c1-17(16,13-8-3-2-4-9-13)15-11-12-7-5-6-10-14(12)15/h2-11H,1H3. The van der Waals surface area contributed by atoms with Crippen molar-refractivity contribution in [3.05, 3.63) is 65.7 Å². The minimum atomic E-state index is -2.01. The summed E-state index contributed by atoms with van der Waals surface area (Å²) < 4.78 is 0. The van der Waals surface area contributed by atoms with Crippen molar-refractivity contribution in [2.45, 2.75) is 6.55 Å². The molecule has 0 radical (unpaired) electrons. The highest BCUT2D eigenvalue weighted by Gasteiger charge is 2.36. The first-order valence-electron chi connectivity index (χ1n) is 5.75. The first-order valence-corrected chi connectivity index (χ1v) is 9.27. The van der Waals surface area contributed by atoms with Gasteiger partial charge in [0.15, 0.2) is 0 Å². The molecule has 1 atom stereocenters. The number of halogens is 1. The smallest absolute Gasteiger partial charge is 0.155 e. The third-order valence-electron chi connectivity index (χ3n) is 3.37. The van der Waals surface area contributed by atoms with Crippen LogP contribution in [0.15, 0.2) is 54.6 Å². The molecule has 0 saturated heterocycles. The molecule has 0 amide bonds. The Morgan fingerprint density at radius 3 is 2.24 bits per heavy atom. The molecule has 3 rings (SSSR count). The highest BCUT2D eigenvalue weighted by atomic mass is 35.6. The molecule has 84 valence electrons. The minimum absolute atomic E-state index is 1.28. The molecule has 1 unspecified atom stereocenters. The molecule has 0 bridgehead atoms. The zero-order chi connectivity index (χ0) is 11.9. The van der Waals surface area contributed by atoms with Gasteiger partial charge in [0.1, 0.15) is 0 Å². The number of benzene rings is 2. The van der Waals surface area contributed by atoms with Crippen LogP contribution in [-0.2, 0) is 0 Å². The van der Waals surface area contributed by atoms with Crippen molar-refractivity contribution in [3.63, 3.8) is 0 Å². The molecule has 17 heavy (non-hydrogen) atoms. The van der Waals surface area contributed by atoms with Gasteiger partial charge in [-0.25, -0.2) is 0 Å². The summed E-state index contributed by atoms with van der Waals surface area (Å²) in [6.07, 6.45) is 2.24. The van der Waals surface area contributed by atoms with E-state index in [1.165, 1.54) is 21.5 Å². The molecule has 0 spiro atoms. The number of fused-ring (bicyclic) bond motifs is 1. The van der Waals surface area contributed by atoms with Crippen LogP contribution in [0.3, 0.4) is 0 Å². The topological polar surface area (TPSA) is 0 Å². The summed E-state index contributed by atoms with van der Waals surface area (Å²) in [6, 6.07) is 18.9. The maximum Gasteiger partial charge on any atom is 0.214 e. The van der Waals surface area contributed by atoms with Crippen LogP contribution in [0.2, 0.25) is 6.55 Å². The monoisotopic (exact) mass is 256 g/mol. The van der Waals surface area contributed by atoms with E-state index >= 15 is 0 Å². The molecule has 0 fully saturated rings. The first-order chi connectivity index (χ1) is 8.19. The molecule has 0 saturated carbocycles. The second-order valence-electron chi connectivity index (χ2n) is 4.51. The van der Waals surface area contributed by atoms with E-state index in [9.17, 15) is 0 Å². The van der Waals surface area contributed by atoms with E-state index in [4.69, 9.17) is 11.1 Å². The van der Waals surface area contributed by atoms with Gasteiger partial charge in [-0.2, -0.15) is 11.1 Å². The summed E-state index contributed by atoms with van der Waals surface area (Å²) in [4.78, 5) is 0. The lowest BCUT2D eigenvalue weighted by atomic mass is 9.98. The van der Waals surface area contributed by atoms with Crippen molar-refractivity contribution in [2.75, 3.05) is 0 Å². The lowest BCUT2D eigenvalue weighted by Gasteiger charge is -2.30. The number of hydrogen-bond donors (Lipinski definition) is 0. The van der Waals surface area contributed by atoms with Gasteiger partial charge in [-0.3, -0.25) is 0 Å². The fraction of sp³-hybridized carbons (Fsp3) is 0.0667. The number of hydrogen-bond acceptors (Lipinski definition) is 0. The average Bonchev–Trinajstić information content (AvgIpc) is 2.32. The van der Waals surface area contributed by atoms with Crippen molar-refractivity contribution < 1.29 is 0 Å². The average molecular weight is 257 g/mol. The Bertz CT molecular complexity index is 585. The van der Waals surface area contributed by atoms with Gasteiger partial charge < -0.3 is 0 Å². The van der Waals surface area contributed by atoms with Crippen LogP contribution in [0.25, 0.3) is 11.3 Å². The van der Waals surface area contributed by atoms with E-state index in [0.717, 1.165) is 0 Å². The second kappa shape index (κ2) is 3.86. The third kappa shape index (κ3) is 1.66. The summed E-state index contributed by atoms with van der Waals surface area (Å²) in [5.41, 5.74) is 2.65. The fourth-order valence-electron chi connectivity index (χ4n) is 2.32. The van der Waals surface area contributed by atoms with E-state index in [1.54, 1.807) is 0 Å². The summed E-state index contributed by atoms with van der Waals surface area (Å²) >= 11 is 6.86. The van der Waals surface area contributed by atoms with Gasteiger partial charge in [0.2, 0.25) is 7.38 Å². The van der Waals surface area contributed by atoms with Gasteiger partial charge in [0.25, 0.3) is 0 Å². The SMILES string of the molecule is C[Si](Cl)(C1=Cc2ccccc21)c1ccccc1. The van der Waals surface area contributed by atoms with Crippen molar-refractivity contribution in [1.29, 1.82) is 0 Å². The van der Waals surface area contributed by atoms with Crippen LogP contribution in [0.4, 0.5) is 0 Å². The maximum absolute atomic E-state index is 6.86. The Hall–Kier alpha value is -1.31. The Labute approximate surface area is 107 Å². The molecule has 0 aliphatic heterocycles. The van der Waals surface area contributed by atoms with Gasteiger partial charge >= 0.3 is 0 Å². The Kier molecular flexibility index (Phi) is 2.46. The largest absolute Gasteiger partial charge is 0.214 e. The second-order valence-corrected chi connectivity index (χ2v) is 9.90. The third-order valence-corrected chi connectivity index (χ3v) is 7.48. The molecule has 1 aliphatic carbocycles. The molecular weight excluding hydrogens is 244 g/mol. The molecule has 0 aromatic heterocycles. The quantitative estimate of drug-likeness (QED) is 0.566. The predicted molar refractivity (Wildman–Crippen MR) is 77.9 cm³/mol. The summed E-state index contributed by atoms with van der Waals surface area (Å²) in [7, 11) is -2.01. The molecular formula is C15H13ClSi. The molecule has 2 aromatic rings. The van der Waals surface area contributed by atoms with Gasteiger partial charge in [-0.1, -0.05) is 60.7 Å². The van der Waals surface area contributed by atoms with E-state index in [-0.39, 0.29) is 0 Å². The van der Waals surface area contributed by atoms with Crippen molar-refractivity contribution in [1.82, 2.24) is 0 Å². The Morgan fingerprint density at radius 1 is 0.882 bits per heavy atom. The molecule has 2 aromatic carbocycles. The summed E-state index contributed by atoms with van der Waals surface area (Å²) in [6.45, 7) is 2.20. The van der Waals surface area contributed by atoms with Gasteiger partial charge in [-0.05, 0) is 28.1 Å². The lowest BCUT2D eigenvalue weighted by Crippen LogP contribution is -2.42. The predicted octanol–water partition coefficient (Wildman–Crippen LogP) is 3.80. The number of rotatable bonds is 2. The first kappa shape index (κ1) is 10.8. The highest BCUT2D eigenvalue weighted by molar-refractivity contribution is 7.36. The van der Waals surface area contributed by atoms with E-state index in [0.29, 0.717) is 0 Å². The van der Waals surface area contributed by atoms with E-state index in [2.05, 4.69) is 61.2 Å². The van der Waals surface area contributed by atoms with Crippen LogP contribution < -0.4 is 5.19 Å². The zero-order valence-electron chi connectivity index (χ0n) is 9.65. The fourth-order valence-corrected chi connectivity index (χ4v) is 5.46. The lowest BCUT2D eigenvalue weighted by molar-refractivity contribution is 1.55. The Balaban J connectivity index is 2.02. The van der Waals surface area contributed by atoms with Crippen LogP contribution in [0.5, 0.6) is 0 Å². The van der Waals surface area contributed by atoms with Gasteiger partial charge in [0.05, 0.1) is 0 Å².